The van der Waals surface area contributed by atoms with E-state index in [2.05, 4.69) is 25.8 Å². The Morgan fingerprint density at radius 2 is 2.14 bits per heavy atom. The van der Waals surface area contributed by atoms with Crippen molar-refractivity contribution in [3.8, 4) is 11.4 Å². The fourth-order valence-electron chi connectivity index (χ4n) is 3.50. The van der Waals surface area contributed by atoms with Crippen molar-refractivity contribution in [2.45, 2.75) is 50.3 Å². The van der Waals surface area contributed by atoms with E-state index in [4.69, 9.17) is 16.1 Å². The molecule has 1 aliphatic carbocycles. The van der Waals surface area contributed by atoms with E-state index in [1.807, 2.05) is 19.1 Å². The average molecular weight is 438 g/mol. The number of nitrogens with one attached hydrogen (secondary N) is 2. The van der Waals surface area contributed by atoms with Crippen molar-refractivity contribution in [2.24, 2.45) is 4.99 Å². The van der Waals surface area contributed by atoms with E-state index in [0.29, 0.717) is 35.7 Å². The minimum absolute atomic E-state index is 0.286. The lowest BCUT2D eigenvalue weighted by molar-refractivity contribution is 0.378. The highest BCUT2D eigenvalue weighted by Gasteiger charge is 2.26. The molecule has 3 atom stereocenters. The fourth-order valence-corrected chi connectivity index (χ4v) is 4.97. The summed E-state index contributed by atoms with van der Waals surface area (Å²) < 4.78 is 17.5. The minimum atomic E-state index is -0.731. The van der Waals surface area contributed by atoms with Crippen LogP contribution in [0.2, 0.25) is 5.02 Å². The van der Waals surface area contributed by atoms with Crippen LogP contribution < -0.4 is 10.6 Å². The highest BCUT2D eigenvalue weighted by atomic mass is 35.5. The largest absolute Gasteiger partial charge is 0.356 e. The Labute approximate surface area is 179 Å². The van der Waals surface area contributed by atoms with Crippen molar-refractivity contribution < 1.29 is 8.73 Å². The number of aromatic nitrogens is 2. The van der Waals surface area contributed by atoms with E-state index < -0.39 is 10.8 Å². The van der Waals surface area contributed by atoms with Gasteiger partial charge in [0.2, 0.25) is 11.7 Å². The van der Waals surface area contributed by atoms with Gasteiger partial charge in [-0.2, -0.15) is 4.98 Å². The number of guanidine groups is 1. The van der Waals surface area contributed by atoms with Crippen molar-refractivity contribution in [1.29, 1.82) is 0 Å². The molecular weight excluding hydrogens is 410 g/mol. The Balaban J connectivity index is 1.46. The van der Waals surface area contributed by atoms with Crippen LogP contribution in [0.5, 0.6) is 0 Å². The van der Waals surface area contributed by atoms with Gasteiger partial charge < -0.3 is 15.2 Å². The first-order valence-corrected chi connectivity index (χ1v) is 11.8. The van der Waals surface area contributed by atoms with Crippen LogP contribution in [-0.4, -0.2) is 50.9 Å². The number of rotatable bonds is 7. The second kappa shape index (κ2) is 10.7. The Kier molecular flexibility index (Phi) is 8.06. The van der Waals surface area contributed by atoms with Crippen LogP contribution in [0.3, 0.4) is 0 Å². The van der Waals surface area contributed by atoms with E-state index in [-0.39, 0.29) is 5.25 Å². The van der Waals surface area contributed by atoms with Crippen LogP contribution in [0.15, 0.2) is 33.8 Å². The Morgan fingerprint density at radius 1 is 1.34 bits per heavy atom. The lowest BCUT2D eigenvalue weighted by atomic mass is 9.95. The average Bonchev–Trinajstić information content (AvgIpc) is 3.22. The Morgan fingerprint density at radius 3 is 2.86 bits per heavy atom. The van der Waals surface area contributed by atoms with Crippen molar-refractivity contribution >= 4 is 28.4 Å². The van der Waals surface area contributed by atoms with E-state index in [9.17, 15) is 4.21 Å². The van der Waals surface area contributed by atoms with Gasteiger partial charge >= 0.3 is 0 Å². The lowest BCUT2D eigenvalue weighted by Gasteiger charge is -2.30. The highest BCUT2D eigenvalue weighted by Crippen LogP contribution is 2.23. The van der Waals surface area contributed by atoms with Gasteiger partial charge in [0.25, 0.3) is 0 Å². The van der Waals surface area contributed by atoms with Crippen molar-refractivity contribution in [1.82, 2.24) is 20.8 Å². The van der Waals surface area contributed by atoms with Gasteiger partial charge in [0.15, 0.2) is 5.96 Å². The molecule has 1 aliphatic rings. The first-order valence-electron chi connectivity index (χ1n) is 10.0. The van der Waals surface area contributed by atoms with Crippen molar-refractivity contribution in [2.75, 3.05) is 19.3 Å². The highest BCUT2D eigenvalue weighted by molar-refractivity contribution is 7.85. The molecule has 0 radical (unpaired) electrons. The van der Waals surface area contributed by atoms with E-state index in [0.717, 1.165) is 43.0 Å². The van der Waals surface area contributed by atoms with E-state index in [1.165, 1.54) is 0 Å². The molecule has 2 aromatic rings. The molecular formula is C20H28ClN5O2S. The molecule has 0 amide bonds. The molecule has 158 valence electrons. The van der Waals surface area contributed by atoms with Crippen LogP contribution >= 0.6 is 11.6 Å². The zero-order valence-corrected chi connectivity index (χ0v) is 18.4. The third kappa shape index (κ3) is 6.27. The quantitative estimate of drug-likeness (QED) is 0.510. The third-order valence-corrected chi connectivity index (χ3v) is 7.04. The van der Waals surface area contributed by atoms with E-state index >= 15 is 0 Å². The Bertz CT molecular complexity index is 840. The molecule has 1 aromatic carbocycles. The summed E-state index contributed by atoms with van der Waals surface area (Å²) in [7, 11) is 1.02. The summed E-state index contributed by atoms with van der Waals surface area (Å²) >= 11 is 5.91. The standard InChI is InChI=1S/C20H28ClN5O2S/c1-3-29(27)17-6-4-5-16(13-17)24-20(22-2)23-12-11-18-25-19(26-28-18)14-7-9-15(21)10-8-14/h7-10,16-17H,3-6,11-13H2,1-2H3,(H2,22,23,24). The molecule has 3 rings (SSSR count). The van der Waals surface area contributed by atoms with Crippen LogP contribution in [0.25, 0.3) is 11.4 Å². The van der Waals surface area contributed by atoms with Crippen molar-refractivity contribution in [3.05, 3.63) is 35.2 Å². The third-order valence-electron chi connectivity index (χ3n) is 5.05. The first-order chi connectivity index (χ1) is 14.1. The van der Waals surface area contributed by atoms with Gasteiger partial charge in [-0.25, -0.2) is 0 Å². The number of halogens is 1. The normalized spacial score (nSPS) is 21.0. The molecule has 0 bridgehead atoms. The smallest absolute Gasteiger partial charge is 0.228 e. The van der Waals surface area contributed by atoms with Gasteiger partial charge in [0.05, 0.1) is 0 Å². The van der Waals surface area contributed by atoms with Gasteiger partial charge in [-0.1, -0.05) is 30.1 Å². The predicted octanol–water partition coefficient (Wildman–Crippen LogP) is 3.18. The maximum atomic E-state index is 12.1. The molecule has 9 heteroatoms. The second-order valence-corrected chi connectivity index (χ2v) is 9.51. The molecule has 1 saturated carbocycles. The maximum absolute atomic E-state index is 12.1. The van der Waals surface area contributed by atoms with Crippen LogP contribution in [-0.2, 0) is 17.2 Å². The molecule has 0 saturated heterocycles. The number of hydrogen-bond acceptors (Lipinski definition) is 5. The number of nitrogens with zero attached hydrogens (tertiary/aromatic N) is 3. The molecule has 1 fully saturated rings. The molecule has 2 N–H and O–H groups in total. The Hall–Kier alpha value is -1.93. The maximum Gasteiger partial charge on any atom is 0.228 e. The minimum Gasteiger partial charge on any atom is -0.356 e. The number of aliphatic imine (C=N–C) groups is 1. The topological polar surface area (TPSA) is 92.4 Å². The van der Waals surface area contributed by atoms with Gasteiger partial charge in [0.1, 0.15) is 0 Å². The summed E-state index contributed by atoms with van der Waals surface area (Å²) in [4.78, 5) is 8.74. The number of hydrogen-bond donors (Lipinski definition) is 2. The van der Waals surface area contributed by atoms with Gasteiger partial charge in [0, 0.05) is 58.4 Å². The van der Waals surface area contributed by atoms with Crippen LogP contribution in [0.4, 0.5) is 0 Å². The summed E-state index contributed by atoms with van der Waals surface area (Å²) in [5.74, 6) is 2.59. The van der Waals surface area contributed by atoms with Crippen LogP contribution in [0, 0.1) is 0 Å². The molecule has 1 aromatic heterocycles. The zero-order chi connectivity index (χ0) is 20.6. The predicted molar refractivity (Wildman–Crippen MR) is 118 cm³/mol. The summed E-state index contributed by atoms with van der Waals surface area (Å²) in [5, 5.41) is 11.7. The molecule has 29 heavy (non-hydrogen) atoms. The summed E-state index contributed by atoms with van der Waals surface area (Å²) in [6.45, 7) is 2.61. The SMILES string of the molecule is CCS(=O)C1CCCC(NC(=NC)NCCc2nc(-c3ccc(Cl)cc3)no2)C1. The summed E-state index contributed by atoms with van der Waals surface area (Å²) in [5.41, 5.74) is 0.867. The molecule has 3 unspecified atom stereocenters. The fraction of sp³-hybridized carbons (Fsp3) is 0.550. The molecule has 7 nitrogen and oxygen atoms in total. The van der Waals surface area contributed by atoms with Gasteiger partial charge in [-0.05, 0) is 43.5 Å². The molecule has 0 spiro atoms. The van der Waals surface area contributed by atoms with Crippen LogP contribution in [0.1, 0.15) is 38.5 Å². The van der Waals surface area contributed by atoms with Crippen molar-refractivity contribution in [3.63, 3.8) is 0 Å². The van der Waals surface area contributed by atoms with Gasteiger partial charge in [-0.15, -0.1) is 0 Å². The summed E-state index contributed by atoms with van der Waals surface area (Å²) in [6.07, 6.45) is 4.74. The molecule has 1 heterocycles. The summed E-state index contributed by atoms with van der Waals surface area (Å²) in [6, 6.07) is 7.63. The zero-order valence-electron chi connectivity index (χ0n) is 16.9. The first kappa shape index (κ1) is 21.8. The lowest BCUT2D eigenvalue weighted by Crippen LogP contribution is -2.47. The van der Waals surface area contributed by atoms with E-state index in [1.54, 1.807) is 19.2 Å². The number of benzene rings is 1. The van der Waals surface area contributed by atoms with Gasteiger partial charge in [-0.3, -0.25) is 9.20 Å². The molecule has 0 aliphatic heterocycles. The monoisotopic (exact) mass is 437 g/mol. The second-order valence-electron chi connectivity index (χ2n) is 7.07.